The highest BCUT2D eigenvalue weighted by atomic mass is 16.5. The van der Waals surface area contributed by atoms with E-state index in [1.54, 1.807) is 24.1 Å². The molecule has 3 rings (SSSR count). The van der Waals surface area contributed by atoms with E-state index in [2.05, 4.69) is 4.90 Å². The second-order valence-corrected chi connectivity index (χ2v) is 9.00. The summed E-state index contributed by atoms with van der Waals surface area (Å²) in [5.41, 5.74) is 0.992. The Morgan fingerprint density at radius 3 is 2.32 bits per heavy atom. The van der Waals surface area contributed by atoms with Crippen molar-refractivity contribution in [3.05, 3.63) is 46.5 Å². The molecule has 1 heterocycles. The molecule has 208 valence electrons. The van der Waals surface area contributed by atoms with Gasteiger partial charge in [0.2, 0.25) is 5.91 Å². The molecular weight excluding hydrogens is 492 g/mol. The molecule has 0 saturated carbocycles. The molecule has 0 radical (unpaired) electrons. The predicted molar refractivity (Wildman–Crippen MR) is 142 cm³/mol. The first-order valence-electron chi connectivity index (χ1n) is 12.7. The van der Waals surface area contributed by atoms with Crippen molar-refractivity contribution in [1.82, 2.24) is 9.80 Å². The van der Waals surface area contributed by atoms with Gasteiger partial charge in [-0.15, -0.1) is 0 Å². The van der Waals surface area contributed by atoms with Gasteiger partial charge in [0, 0.05) is 51.5 Å². The van der Waals surface area contributed by atoms with Crippen LogP contribution in [0.15, 0.2) is 24.3 Å². The monoisotopic (exact) mass is 530 g/mol. The average molecular weight is 531 g/mol. The van der Waals surface area contributed by atoms with Crippen molar-refractivity contribution in [2.75, 3.05) is 73.9 Å². The number of carbonyl (C=O) groups is 2. The van der Waals surface area contributed by atoms with E-state index in [1.807, 2.05) is 6.92 Å². The summed E-state index contributed by atoms with van der Waals surface area (Å²) >= 11 is 0. The number of phenolic OH excluding ortho intramolecular Hbond substituents is 2. The number of ether oxygens (including phenoxy) is 4. The molecule has 38 heavy (non-hydrogen) atoms. The number of nitrogens with zero attached hydrogens (tertiary/aromatic N) is 2. The summed E-state index contributed by atoms with van der Waals surface area (Å²) in [7, 11) is 4.54. The number of aromatic hydroxyl groups is 2. The van der Waals surface area contributed by atoms with Crippen molar-refractivity contribution in [2.24, 2.45) is 0 Å². The first-order valence-corrected chi connectivity index (χ1v) is 12.7. The number of ketones is 1. The molecule has 0 unspecified atom stereocenters. The third-order valence-corrected chi connectivity index (χ3v) is 6.77. The molecule has 1 saturated heterocycles. The third kappa shape index (κ3) is 6.94. The number of methoxy groups -OCH3 is 3. The second-order valence-electron chi connectivity index (χ2n) is 9.00. The molecule has 2 aromatic rings. The Kier molecular flexibility index (Phi) is 10.8. The van der Waals surface area contributed by atoms with Crippen molar-refractivity contribution in [2.45, 2.75) is 19.8 Å². The van der Waals surface area contributed by atoms with Crippen LogP contribution in [-0.4, -0.2) is 106 Å². The highest BCUT2D eigenvalue weighted by Gasteiger charge is 2.27. The van der Waals surface area contributed by atoms with E-state index in [0.29, 0.717) is 68.5 Å². The van der Waals surface area contributed by atoms with Crippen molar-refractivity contribution in [3.8, 4) is 23.0 Å². The van der Waals surface area contributed by atoms with E-state index in [-0.39, 0.29) is 35.0 Å². The molecular formula is C28H38N2O8. The molecule has 0 aliphatic carbocycles. The molecule has 10 nitrogen and oxygen atoms in total. The van der Waals surface area contributed by atoms with E-state index in [1.165, 1.54) is 20.3 Å². The maximum Gasteiger partial charge on any atom is 0.227 e. The topological polar surface area (TPSA) is 118 Å². The molecule has 0 bridgehead atoms. The van der Waals surface area contributed by atoms with Crippen molar-refractivity contribution in [1.29, 1.82) is 0 Å². The van der Waals surface area contributed by atoms with Crippen molar-refractivity contribution >= 4 is 11.7 Å². The van der Waals surface area contributed by atoms with E-state index in [9.17, 15) is 19.8 Å². The van der Waals surface area contributed by atoms with Crippen molar-refractivity contribution in [3.63, 3.8) is 0 Å². The highest BCUT2D eigenvalue weighted by molar-refractivity contribution is 6.12. The molecule has 0 atom stereocenters. The number of morpholine rings is 1. The van der Waals surface area contributed by atoms with Crippen LogP contribution in [0.25, 0.3) is 0 Å². The Morgan fingerprint density at radius 2 is 1.68 bits per heavy atom. The minimum absolute atomic E-state index is 0.0138. The zero-order valence-corrected chi connectivity index (χ0v) is 22.6. The van der Waals surface area contributed by atoms with Crippen LogP contribution in [0.3, 0.4) is 0 Å². The van der Waals surface area contributed by atoms with Crippen LogP contribution in [0.4, 0.5) is 0 Å². The second kappa shape index (κ2) is 14.0. The van der Waals surface area contributed by atoms with Gasteiger partial charge in [0.25, 0.3) is 0 Å². The molecule has 1 aliphatic heterocycles. The lowest BCUT2D eigenvalue weighted by molar-refractivity contribution is -0.131. The summed E-state index contributed by atoms with van der Waals surface area (Å²) in [6, 6.07) is 5.85. The van der Waals surface area contributed by atoms with Gasteiger partial charge in [-0.2, -0.15) is 0 Å². The van der Waals surface area contributed by atoms with Gasteiger partial charge >= 0.3 is 0 Å². The van der Waals surface area contributed by atoms with Crippen LogP contribution >= 0.6 is 0 Å². The summed E-state index contributed by atoms with van der Waals surface area (Å²) in [6.07, 6.45) is 0.207. The van der Waals surface area contributed by atoms with Crippen LogP contribution in [-0.2, 0) is 27.1 Å². The Hall–Kier alpha value is -3.34. The Labute approximate surface area is 223 Å². The normalized spacial score (nSPS) is 13.8. The summed E-state index contributed by atoms with van der Waals surface area (Å²) in [5.74, 6) is -0.446. The fourth-order valence-corrected chi connectivity index (χ4v) is 4.63. The molecule has 10 heteroatoms. The summed E-state index contributed by atoms with van der Waals surface area (Å²) in [5, 5.41) is 21.4. The molecule has 0 aromatic heterocycles. The summed E-state index contributed by atoms with van der Waals surface area (Å²) in [6.45, 7) is 6.66. The van der Waals surface area contributed by atoms with E-state index < -0.39 is 5.78 Å². The largest absolute Gasteiger partial charge is 0.508 e. The number of hydrogen-bond donors (Lipinski definition) is 2. The zero-order chi connectivity index (χ0) is 27.7. The maximum absolute atomic E-state index is 13.7. The highest BCUT2D eigenvalue weighted by Crippen LogP contribution is 2.36. The van der Waals surface area contributed by atoms with Gasteiger partial charge in [0.15, 0.2) is 17.3 Å². The zero-order valence-electron chi connectivity index (χ0n) is 22.6. The Morgan fingerprint density at radius 1 is 0.974 bits per heavy atom. The van der Waals surface area contributed by atoms with E-state index in [0.717, 1.165) is 19.2 Å². The maximum atomic E-state index is 13.7. The van der Waals surface area contributed by atoms with Crippen LogP contribution in [0.2, 0.25) is 0 Å². The van der Waals surface area contributed by atoms with Gasteiger partial charge in [-0.1, -0.05) is 6.92 Å². The minimum atomic E-state index is -0.488. The Bertz CT molecular complexity index is 1110. The summed E-state index contributed by atoms with van der Waals surface area (Å²) in [4.78, 5) is 31.2. The van der Waals surface area contributed by atoms with Gasteiger partial charge in [-0.05, 0) is 35.7 Å². The average Bonchev–Trinajstić information content (AvgIpc) is 2.93. The molecule has 1 amide bonds. The lowest BCUT2D eigenvalue weighted by Gasteiger charge is -2.30. The molecule has 0 spiro atoms. The van der Waals surface area contributed by atoms with Crippen LogP contribution < -0.4 is 9.47 Å². The number of rotatable bonds is 13. The number of amides is 1. The van der Waals surface area contributed by atoms with Crippen LogP contribution in [0.1, 0.15) is 34.0 Å². The first kappa shape index (κ1) is 29.2. The number of phenols is 2. The smallest absolute Gasteiger partial charge is 0.227 e. The quantitative estimate of drug-likeness (QED) is 0.376. The van der Waals surface area contributed by atoms with E-state index in [4.69, 9.17) is 18.9 Å². The fraction of sp³-hybridized carbons (Fsp3) is 0.500. The van der Waals surface area contributed by atoms with Crippen LogP contribution in [0.5, 0.6) is 23.0 Å². The van der Waals surface area contributed by atoms with Gasteiger partial charge in [-0.25, -0.2) is 0 Å². The fourth-order valence-electron chi connectivity index (χ4n) is 4.63. The number of benzene rings is 2. The third-order valence-electron chi connectivity index (χ3n) is 6.77. The van der Waals surface area contributed by atoms with Gasteiger partial charge in [0.05, 0.1) is 46.0 Å². The molecule has 2 aromatic carbocycles. The lowest BCUT2D eigenvalue weighted by atomic mass is 9.89. The Balaban J connectivity index is 1.95. The van der Waals surface area contributed by atoms with Gasteiger partial charge in [-0.3, -0.25) is 14.5 Å². The lowest BCUT2D eigenvalue weighted by Crippen LogP contribution is -2.44. The number of carbonyl (C=O) groups excluding carboxylic acids is 2. The molecule has 2 N–H and O–H groups in total. The van der Waals surface area contributed by atoms with Gasteiger partial charge < -0.3 is 34.1 Å². The SMILES string of the molecule is CCc1c(O)cc(O)c(C(=O)c2ccc(OC)c(OC)c2)c1CC(=O)N(CCOC)CCN1CCOCC1. The van der Waals surface area contributed by atoms with Crippen molar-refractivity contribution < 1.29 is 38.7 Å². The number of hydrogen-bond acceptors (Lipinski definition) is 9. The van der Waals surface area contributed by atoms with E-state index >= 15 is 0 Å². The van der Waals surface area contributed by atoms with Crippen LogP contribution in [0, 0.1) is 0 Å². The molecule has 1 aliphatic rings. The first-order chi connectivity index (χ1) is 18.3. The minimum Gasteiger partial charge on any atom is -0.508 e. The molecule has 1 fully saturated rings. The summed E-state index contributed by atoms with van der Waals surface area (Å²) < 4.78 is 21.2. The standard InChI is InChI=1S/C28H38N2O8/c1-5-20-21(17-26(33)30(12-13-35-2)9-8-29-10-14-38-15-11-29)27(23(32)18-22(20)31)28(34)19-6-7-24(36-3)25(16-19)37-4/h6-7,16,18,31-32H,5,8-15,17H2,1-4H3. The van der Waals surface area contributed by atoms with Gasteiger partial charge in [0.1, 0.15) is 11.5 Å². The predicted octanol–water partition coefficient (Wildman–Crippen LogP) is 2.26.